The van der Waals surface area contributed by atoms with Crippen LogP contribution in [0.4, 0.5) is 5.69 Å². The molecule has 0 saturated carbocycles. The molecule has 0 aliphatic heterocycles. The zero-order valence-corrected chi connectivity index (χ0v) is 12.7. The van der Waals surface area contributed by atoms with Crippen molar-refractivity contribution in [3.8, 4) is 11.5 Å². The molecule has 3 heteroatoms. The van der Waals surface area contributed by atoms with Crippen molar-refractivity contribution in [1.29, 1.82) is 0 Å². The highest BCUT2D eigenvalue weighted by molar-refractivity contribution is 5.80. The molecule has 0 aliphatic carbocycles. The second-order valence-electron chi connectivity index (χ2n) is 5.21. The van der Waals surface area contributed by atoms with Gasteiger partial charge in [-0.15, -0.1) is 0 Å². The summed E-state index contributed by atoms with van der Waals surface area (Å²) in [5.41, 5.74) is 3.19. The third-order valence-corrected chi connectivity index (χ3v) is 3.42. The Bertz CT molecular complexity index is 768. The topological polar surface area (TPSA) is 26.5 Å². The molecule has 0 atom stereocenters. The van der Waals surface area contributed by atoms with E-state index in [0.717, 1.165) is 22.9 Å². The Hall–Kier alpha value is -2.81. The van der Waals surface area contributed by atoms with Crippen LogP contribution < -0.4 is 4.74 Å². The second kappa shape index (κ2) is 6.31. The summed E-state index contributed by atoms with van der Waals surface area (Å²) in [7, 11) is 2.00. The summed E-state index contributed by atoms with van der Waals surface area (Å²) in [5, 5.41) is 0. The van der Waals surface area contributed by atoms with Gasteiger partial charge in [-0.3, -0.25) is 4.99 Å². The fourth-order valence-electron chi connectivity index (χ4n) is 2.09. The van der Waals surface area contributed by atoms with Gasteiger partial charge in [0.2, 0.25) is 0 Å². The van der Waals surface area contributed by atoms with Gasteiger partial charge in [-0.1, -0.05) is 17.7 Å². The van der Waals surface area contributed by atoms with Crippen LogP contribution in [0.2, 0.25) is 0 Å². The quantitative estimate of drug-likeness (QED) is 0.629. The fourth-order valence-corrected chi connectivity index (χ4v) is 2.09. The third kappa shape index (κ3) is 3.44. The molecule has 0 spiro atoms. The average Bonchev–Trinajstić information content (AvgIpc) is 2.94. The first-order valence-electron chi connectivity index (χ1n) is 7.21. The first kappa shape index (κ1) is 14.1. The molecular weight excluding hydrogens is 272 g/mol. The monoisotopic (exact) mass is 290 g/mol. The van der Waals surface area contributed by atoms with Crippen LogP contribution in [-0.2, 0) is 7.05 Å². The highest BCUT2D eigenvalue weighted by Crippen LogP contribution is 2.24. The van der Waals surface area contributed by atoms with Crippen LogP contribution >= 0.6 is 0 Å². The van der Waals surface area contributed by atoms with Crippen LogP contribution in [0.5, 0.6) is 11.5 Å². The Morgan fingerprint density at radius 1 is 0.909 bits per heavy atom. The SMILES string of the molecule is Cc1ccc(Oc2ccc(N=Cc3cccn3C)cc2)cc1. The Morgan fingerprint density at radius 3 is 2.14 bits per heavy atom. The zero-order chi connectivity index (χ0) is 15.4. The number of aryl methyl sites for hydroxylation is 2. The summed E-state index contributed by atoms with van der Waals surface area (Å²) in [6.07, 6.45) is 3.86. The van der Waals surface area contributed by atoms with Gasteiger partial charge in [-0.2, -0.15) is 0 Å². The zero-order valence-electron chi connectivity index (χ0n) is 12.7. The van der Waals surface area contributed by atoms with E-state index in [9.17, 15) is 0 Å². The van der Waals surface area contributed by atoms with Gasteiger partial charge in [0.1, 0.15) is 11.5 Å². The van der Waals surface area contributed by atoms with Crippen LogP contribution in [-0.4, -0.2) is 10.8 Å². The molecule has 0 amide bonds. The van der Waals surface area contributed by atoms with E-state index >= 15 is 0 Å². The van der Waals surface area contributed by atoms with Crippen LogP contribution in [0.1, 0.15) is 11.3 Å². The van der Waals surface area contributed by atoms with E-state index in [-0.39, 0.29) is 0 Å². The van der Waals surface area contributed by atoms with Crippen molar-refractivity contribution in [3.05, 3.63) is 78.1 Å². The molecule has 110 valence electrons. The molecule has 0 saturated heterocycles. The largest absolute Gasteiger partial charge is 0.457 e. The van der Waals surface area contributed by atoms with Gasteiger partial charge in [0, 0.05) is 13.2 Å². The van der Waals surface area contributed by atoms with Gasteiger partial charge >= 0.3 is 0 Å². The Kier molecular flexibility index (Phi) is 4.05. The minimum absolute atomic E-state index is 0.807. The first-order chi connectivity index (χ1) is 10.7. The van der Waals surface area contributed by atoms with E-state index in [1.54, 1.807) is 0 Å². The van der Waals surface area contributed by atoms with Crippen molar-refractivity contribution in [2.45, 2.75) is 6.92 Å². The molecule has 0 radical (unpaired) electrons. The minimum Gasteiger partial charge on any atom is -0.457 e. The van der Waals surface area contributed by atoms with E-state index in [2.05, 4.69) is 11.9 Å². The van der Waals surface area contributed by atoms with Gasteiger partial charge in [0.25, 0.3) is 0 Å². The molecule has 3 aromatic rings. The lowest BCUT2D eigenvalue weighted by Crippen LogP contribution is -1.91. The van der Waals surface area contributed by atoms with E-state index in [4.69, 9.17) is 4.74 Å². The minimum atomic E-state index is 0.807. The molecule has 0 unspecified atom stereocenters. The number of aliphatic imine (C=N–C) groups is 1. The van der Waals surface area contributed by atoms with E-state index in [1.807, 2.05) is 84.7 Å². The summed E-state index contributed by atoms with van der Waals surface area (Å²) in [6.45, 7) is 2.06. The summed E-state index contributed by atoms with van der Waals surface area (Å²) in [5.74, 6) is 1.65. The summed E-state index contributed by atoms with van der Waals surface area (Å²) >= 11 is 0. The van der Waals surface area contributed by atoms with Crippen molar-refractivity contribution >= 4 is 11.9 Å². The van der Waals surface area contributed by atoms with Crippen LogP contribution in [0.25, 0.3) is 0 Å². The molecule has 3 rings (SSSR count). The van der Waals surface area contributed by atoms with Crippen LogP contribution in [0.15, 0.2) is 71.9 Å². The molecule has 0 fully saturated rings. The highest BCUT2D eigenvalue weighted by atomic mass is 16.5. The number of aromatic nitrogens is 1. The molecule has 0 aliphatic rings. The van der Waals surface area contributed by atoms with Gasteiger partial charge in [-0.25, -0.2) is 0 Å². The highest BCUT2D eigenvalue weighted by Gasteiger charge is 1.98. The summed E-state index contributed by atoms with van der Waals surface area (Å²) in [4.78, 5) is 4.47. The number of ether oxygens (including phenoxy) is 1. The number of nitrogens with zero attached hydrogens (tertiary/aromatic N) is 2. The van der Waals surface area contributed by atoms with Crippen LogP contribution in [0, 0.1) is 6.92 Å². The Morgan fingerprint density at radius 2 is 1.55 bits per heavy atom. The van der Waals surface area contributed by atoms with Crippen molar-refractivity contribution in [2.24, 2.45) is 12.0 Å². The molecule has 0 N–H and O–H groups in total. The molecule has 3 nitrogen and oxygen atoms in total. The second-order valence-corrected chi connectivity index (χ2v) is 5.21. The standard InChI is InChI=1S/C19H18N2O/c1-15-5-9-18(10-6-15)22-19-11-7-16(8-12-19)20-14-17-4-3-13-21(17)2/h3-14H,1-2H3. The third-order valence-electron chi connectivity index (χ3n) is 3.42. The summed E-state index contributed by atoms with van der Waals surface area (Å²) < 4.78 is 7.83. The number of hydrogen-bond donors (Lipinski definition) is 0. The lowest BCUT2D eigenvalue weighted by molar-refractivity contribution is 0.482. The molecule has 1 aromatic heterocycles. The maximum Gasteiger partial charge on any atom is 0.127 e. The lowest BCUT2D eigenvalue weighted by Gasteiger charge is -2.06. The normalized spacial score (nSPS) is 11.0. The predicted octanol–water partition coefficient (Wildman–Crippen LogP) is 4.88. The predicted molar refractivity (Wildman–Crippen MR) is 90.4 cm³/mol. The van der Waals surface area contributed by atoms with Crippen molar-refractivity contribution in [3.63, 3.8) is 0 Å². The smallest absolute Gasteiger partial charge is 0.127 e. The molecule has 22 heavy (non-hydrogen) atoms. The van der Waals surface area contributed by atoms with Gasteiger partial charge < -0.3 is 9.30 Å². The number of hydrogen-bond acceptors (Lipinski definition) is 2. The summed E-state index contributed by atoms with van der Waals surface area (Å²) in [6, 6.07) is 19.8. The number of benzene rings is 2. The lowest BCUT2D eigenvalue weighted by atomic mass is 10.2. The van der Waals surface area contributed by atoms with Gasteiger partial charge in [-0.05, 0) is 55.5 Å². The number of rotatable bonds is 4. The van der Waals surface area contributed by atoms with Crippen LogP contribution in [0.3, 0.4) is 0 Å². The van der Waals surface area contributed by atoms with Crippen molar-refractivity contribution < 1.29 is 4.74 Å². The Balaban J connectivity index is 1.69. The van der Waals surface area contributed by atoms with Gasteiger partial charge in [0.15, 0.2) is 0 Å². The fraction of sp³-hybridized carbons (Fsp3) is 0.105. The van der Waals surface area contributed by atoms with E-state index < -0.39 is 0 Å². The van der Waals surface area contributed by atoms with Crippen molar-refractivity contribution in [2.75, 3.05) is 0 Å². The van der Waals surface area contributed by atoms with E-state index in [1.165, 1.54) is 5.56 Å². The average molecular weight is 290 g/mol. The molecule has 1 heterocycles. The molecule has 0 bridgehead atoms. The Labute approximate surface area is 130 Å². The van der Waals surface area contributed by atoms with Crippen molar-refractivity contribution in [1.82, 2.24) is 4.57 Å². The first-order valence-corrected chi connectivity index (χ1v) is 7.21. The molecular formula is C19H18N2O. The maximum atomic E-state index is 5.80. The van der Waals surface area contributed by atoms with E-state index in [0.29, 0.717) is 0 Å². The molecule has 2 aromatic carbocycles. The maximum absolute atomic E-state index is 5.80. The van der Waals surface area contributed by atoms with Gasteiger partial charge in [0.05, 0.1) is 17.6 Å².